The molecule has 33 heavy (non-hydrogen) atoms. The van der Waals surface area contributed by atoms with E-state index in [0.29, 0.717) is 0 Å². The molecule has 0 spiro atoms. The smallest absolute Gasteiger partial charge is 0.303 e. The molecule has 0 aliphatic carbocycles. The van der Waals surface area contributed by atoms with Gasteiger partial charge in [0.2, 0.25) is 0 Å². The van der Waals surface area contributed by atoms with Crippen molar-refractivity contribution in [1.29, 1.82) is 0 Å². The summed E-state index contributed by atoms with van der Waals surface area (Å²) in [6.07, 6.45) is 29.8. The maximum absolute atomic E-state index is 10.6. The summed E-state index contributed by atoms with van der Waals surface area (Å²) in [6, 6.07) is 0. The van der Waals surface area contributed by atoms with E-state index in [1.54, 1.807) is 0 Å². The van der Waals surface area contributed by atoms with Crippen LogP contribution in [-0.2, 0) is 14.3 Å². The average Bonchev–Trinajstić information content (AvgIpc) is 2.80. The normalized spacial score (nSPS) is 12.0. The van der Waals surface area contributed by atoms with Crippen LogP contribution in [0.5, 0.6) is 0 Å². The van der Waals surface area contributed by atoms with Crippen molar-refractivity contribution in [2.24, 2.45) is 0 Å². The van der Waals surface area contributed by atoms with Crippen LogP contribution in [0.3, 0.4) is 0 Å². The van der Waals surface area contributed by atoms with E-state index in [0.717, 1.165) is 77.4 Å². The Morgan fingerprint density at radius 3 is 1.58 bits per heavy atom. The molecule has 0 heterocycles. The van der Waals surface area contributed by atoms with Gasteiger partial charge < -0.3 is 14.6 Å². The molecule has 0 aromatic carbocycles. The van der Waals surface area contributed by atoms with E-state index in [1.165, 1.54) is 51.4 Å². The first-order chi connectivity index (χ1) is 16.2. The lowest BCUT2D eigenvalue weighted by molar-refractivity contribution is -0.147. The molecule has 194 valence electrons. The summed E-state index contributed by atoms with van der Waals surface area (Å²) in [7, 11) is 0. The summed E-state index contributed by atoms with van der Waals surface area (Å²) in [5, 5.41) is 8.72. The summed E-state index contributed by atoms with van der Waals surface area (Å²) in [6.45, 7) is 5.98. The van der Waals surface area contributed by atoms with E-state index in [-0.39, 0.29) is 12.7 Å². The maximum Gasteiger partial charge on any atom is 0.303 e. The second kappa shape index (κ2) is 27.1. The van der Waals surface area contributed by atoms with Crippen molar-refractivity contribution in [2.45, 2.75) is 142 Å². The van der Waals surface area contributed by atoms with Crippen LogP contribution in [0.25, 0.3) is 0 Å². The van der Waals surface area contributed by atoms with Crippen LogP contribution in [0.4, 0.5) is 0 Å². The van der Waals surface area contributed by atoms with E-state index in [9.17, 15) is 4.79 Å². The van der Waals surface area contributed by atoms with Crippen molar-refractivity contribution in [3.8, 4) is 0 Å². The summed E-state index contributed by atoms with van der Waals surface area (Å²) in [5.41, 5.74) is 0. The zero-order valence-corrected chi connectivity index (χ0v) is 21.9. The molecule has 4 nitrogen and oxygen atoms in total. The van der Waals surface area contributed by atoms with Gasteiger partial charge in [0.1, 0.15) is 0 Å². The predicted octanol–water partition coefficient (Wildman–Crippen LogP) is 8.99. The quantitative estimate of drug-likeness (QED) is 0.0785. The van der Waals surface area contributed by atoms with Crippen LogP contribution in [0.15, 0.2) is 24.3 Å². The lowest BCUT2D eigenvalue weighted by Gasteiger charge is -2.18. The Morgan fingerprint density at radius 2 is 1.09 bits per heavy atom. The molecular formula is C29H54O4. The third-order valence-corrected chi connectivity index (χ3v) is 5.75. The molecule has 1 N–H and O–H groups in total. The molecule has 0 unspecified atom stereocenters. The lowest BCUT2D eigenvalue weighted by atomic mass is 10.1. The Labute approximate surface area is 205 Å². The number of carbonyl (C=O) groups is 1. The van der Waals surface area contributed by atoms with Crippen molar-refractivity contribution >= 4 is 5.97 Å². The van der Waals surface area contributed by atoms with Crippen LogP contribution in [-0.4, -0.2) is 30.6 Å². The minimum absolute atomic E-state index is 0.105. The Kier molecular flexibility index (Phi) is 26.2. The zero-order chi connectivity index (χ0) is 24.2. The molecule has 0 radical (unpaired) electrons. The molecule has 0 saturated heterocycles. The molecule has 0 aliphatic rings. The summed E-state index contributed by atoms with van der Waals surface area (Å²) >= 11 is 0. The van der Waals surface area contributed by atoms with E-state index in [1.807, 2.05) is 0 Å². The third kappa shape index (κ3) is 27.0. The molecule has 0 amide bonds. The second-order valence-electron chi connectivity index (χ2n) is 9.09. The van der Waals surface area contributed by atoms with Crippen molar-refractivity contribution in [2.75, 3.05) is 13.2 Å². The Morgan fingerprint density at radius 1 is 0.636 bits per heavy atom. The maximum atomic E-state index is 10.6. The summed E-state index contributed by atoms with van der Waals surface area (Å²) in [5.74, 6) is -0.691. The number of carboxylic acid groups (broad SMARTS) is 1. The van der Waals surface area contributed by atoms with Crippen LogP contribution in [0.1, 0.15) is 136 Å². The molecule has 0 saturated carbocycles. The molecule has 0 aliphatic heterocycles. The van der Waals surface area contributed by atoms with E-state index >= 15 is 0 Å². The SMILES string of the molecule is CCCCC/C=C\CCCOC(CCCCCCCC(=O)O)OCCC/C=C\CCCCC. The molecule has 0 bridgehead atoms. The van der Waals surface area contributed by atoms with Gasteiger partial charge in [0.15, 0.2) is 6.29 Å². The molecule has 0 rings (SSSR count). The largest absolute Gasteiger partial charge is 0.481 e. The fraction of sp³-hybridized carbons (Fsp3) is 0.828. The summed E-state index contributed by atoms with van der Waals surface area (Å²) in [4.78, 5) is 10.6. The highest BCUT2D eigenvalue weighted by Gasteiger charge is 2.09. The van der Waals surface area contributed by atoms with Gasteiger partial charge in [-0.05, 0) is 70.6 Å². The Hall–Kier alpha value is -1.13. The second-order valence-corrected chi connectivity index (χ2v) is 9.09. The molecule has 0 fully saturated rings. The minimum atomic E-state index is -0.691. The van der Waals surface area contributed by atoms with Gasteiger partial charge >= 0.3 is 5.97 Å². The van der Waals surface area contributed by atoms with E-state index in [2.05, 4.69) is 38.2 Å². The fourth-order valence-corrected chi connectivity index (χ4v) is 3.66. The molecule has 0 atom stereocenters. The Balaban J connectivity index is 4.00. The van der Waals surface area contributed by atoms with Gasteiger partial charge in [0, 0.05) is 6.42 Å². The van der Waals surface area contributed by atoms with Gasteiger partial charge in [-0.15, -0.1) is 0 Å². The molecular weight excluding hydrogens is 412 g/mol. The predicted molar refractivity (Wildman–Crippen MR) is 141 cm³/mol. The molecule has 4 heteroatoms. The molecule has 0 aromatic rings. The van der Waals surface area contributed by atoms with Gasteiger partial charge in [-0.2, -0.15) is 0 Å². The first-order valence-electron chi connectivity index (χ1n) is 14.0. The van der Waals surface area contributed by atoms with Gasteiger partial charge in [-0.25, -0.2) is 0 Å². The number of rotatable bonds is 26. The first kappa shape index (κ1) is 31.9. The van der Waals surface area contributed by atoms with Crippen LogP contribution >= 0.6 is 0 Å². The van der Waals surface area contributed by atoms with Crippen molar-refractivity contribution in [1.82, 2.24) is 0 Å². The topological polar surface area (TPSA) is 55.8 Å². The van der Waals surface area contributed by atoms with Gasteiger partial charge in [0.25, 0.3) is 0 Å². The monoisotopic (exact) mass is 466 g/mol. The lowest BCUT2D eigenvalue weighted by Crippen LogP contribution is -2.18. The number of hydrogen-bond donors (Lipinski definition) is 1. The van der Waals surface area contributed by atoms with Gasteiger partial charge in [-0.3, -0.25) is 4.79 Å². The highest BCUT2D eigenvalue weighted by molar-refractivity contribution is 5.66. The van der Waals surface area contributed by atoms with Crippen LogP contribution in [0.2, 0.25) is 0 Å². The first-order valence-corrected chi connectivity index (χ1v) is 14.0. The standard InChI is InChI=1S/C29H54O4/c1-3-5-7-9-11-13-18-22-26-32-29(25-21-17-15-16-20-24-28(30)31)33-27-23-19-14-12-10-8-6-4-2/h11-14,29H,3-10,15-27H2,1-2H3,(H,30,31)/b13-11-,14-12-. The van der Waals surface area contributed by atoms with Crippen molar-refractivity contribution in [3.63, 3.8) is 0 Å². The molecule has 0 aromatic heterocycles. The van der Waals surface area contributed by atoms with Gasteiger partial charge in [0.05, 0.1) is 13.2 Å². The summed E-state index contributed by atoms with van der Waals surface area (Å²) < 4.78 is 12.1. The highest BCUT2D eigenvalue weighted by atomic mass is 16.7. The van der Waals surface area contributed by atoms with Gasteiger partial charge in [-0.1, -0.05) is 83.1 Å². The number of allylic oxidation sites excluding steroid dienone is 4. The van der Waals surface area contributed by atoms with Crippen LogP contribution in [0, 0.1) is 0 Å². The number of hydrogen-bond acceptors (Lipinski definition) is 3. The minimum Gasteiger partial charge on any atom is -0.481 e. The van der Waals surface area contributed by atoms with E-state index < -0.39 is 5.97 Å². The van der Waals surface area contributed by atoms with Crippen LogP contribution < -0.4 is 0 Å². The number of ether oxygens (including phenoxy) is 2. The number of unbranched alkanes of at least 4 members (excludes halogenated alkanes) is 12. The average molecular weight is 467 g/mol. The highest BCUT2D eigenvalue weighted by Crippen LogP contribution is 2.13. The number of carboxylic acids is 1. The fourth-order valence-electron chi connectivity index (χ4n) is 3.66. The Bertz CT molecular complexity index is 431. The number of aliphatic carboxylic acids is 1. The van der Waals surface area contributed by atoms with Crippen molar-refractivity contribution in [3.05, 3.63) is 24.3 Å². The van der Waals surface area contributed by atoms with E-state index in [4.69, 9.17) is 14.6 Å². The zero-order valence-electron chi connectivity index (χ0n) is 21.9. The van der Waals surface area contributed by atoms with Crippen molar-refractivity contribution < 1.29 is 19.4 Å². The third-order valence-electron chi connectivity index (χ3n) is 5.75.